The molecule has 3 saturated heterocycles. The molecule has 2 bridgehead atoms. The lowest BCUT2D eigenvalue weighted by Gasteiger charge is -2.47. The molecule has 3 fully saturated rings. The number of hydrogen-bond donors (Lipinski definition) is 2. The fourth-order valence-electron chi connectivity index (χ4n) is 7.20. The zero-order valence-electron chi connectivity index (χ0n) is 35.6. The topological polar surface area (TPSA) is 226 Å². The van der Waals surface area contributed by atoms with Crippen LogP contribution in [0.2, 0.25) is 0 Å². The largest absolute Gasteiger partial charge is 0.463 e. The third kappa shape index (κ3) is 14.8. The fraction of sp³-hybridized carbons (Fsp3) is 0.636. The Hall–Kier alpha value is -4.52. The molecule has 0 radical (unpaired) electrons. The Morgan fingerprint density at radius 2 is 1.49 bits per heavy atom. The standard InChI is InChI=1S/C44H60O17/c1-7-15-30-18-13-10-14-19-32(55-27(5)45)31(47)21-23-34(48)53-24-33-39(59-35(49)22-20-29-16-11-9-12-17-29)40(60-42(52)25(3)8-2)37(51)43(58-33)61-41-36(50)38(56-28(6)46)26(4)54-44(41)57-30/h8-9,11-12,16-17,20,22,26,30,32-33,36-41,43-44,50-51H,7,10,13-15,18-19,21,23-24H2,1-6H3/b22-20+,25-8+/t26?,30-,32-,33?,36?,37?,38?,39?,40?,41?,43?,44?/m0/s1. The zero-order chi connectivity index (χ0) is 44.6. The van der Waals surface area contributed by atoms with Crippen molar-refractivity contribution in [3.05, 3.63) is 53.6 Å². The first-order valence-corrected chi connectivity index (χ1v) is 20.9. The van der Waals surface area contributed by atoms with Gasteiger partial charge in [0.2, 0.25) is 0 Å². The van der Waals surface area contributed by atoms with Crippen LogP contribution in [0.1, 0.15) is 105 Å². The predicted molar refractivity (Wildman–Crippen MR) is 214 cm³/mol. The number of carbonyl (C=O) groups excluding carboxylic acids is 6. The summed E-state index contributed by atoms with van der Waals surface area (Å²) in [7, 11) is 0. The lowest BCUT2D eigenvalue weighted by atomic mass is 9.96. The number of Topliss-reactive ketones (excluding diaryl/α,β-unsaturated/α-hetero) is 1. The highest BCUT2D eigenvalue weighted by Gasteiger charge is 2.55. The summed E-state index contributed by atoms with van der Waals surface area (Å²) in [6.07, 6.45) is -9.46. The second-order valence-corrected chi connectivity index (χ2v) is 15.3. The van der Waals surface area contributed by atoms with E-state index < -0.39 is 122 Å². The Balaban J connectivity index is 1.77. The SMILES string of the molecule is C/C=C(\C)C(=O)OC1C(O)C2OC(COC(=O)CCC(=O)[C@@H](OC(C)=O)CCCCC[C@H](CCC)OC3OC(C)C(OC(C)=O)C(O)C3O2)C1OC(=O)/C=C/c1ccccc1. The molecule has 3 aliphatic rings. The molecule has 0 aliphatic carbocycles. The second-order valence-electron chi connectivity index (χ2n) is 15.3. The molecule has 0 aromatic heterocycles. The number of rotatable bonds is 9. The van der Waals surface area contributed by atoms with Gasteiger partial charge in [0.25, 0.3) is 0 Å². The van der Waals surface area contributed by atoms with Crippen LogP contribution < -0.4 is 0 Å². The maximum Gasteiger partial charge on any atom is 0.333 e. The number of cyclic esters (lactones) is 1. The van der Waals surface area contributed by atoms with Gasteiger partial charge in [-0.1, -0.05) is 62.6 Å². The minimum atomic E-state index is -1.92. The van der Waals surface area contributed by atoms with Crippen LogP contribution in [-0.4, -0.2) is 126 Å². The molecule has 4 rings (SSSR count). The molecule has 61 heavy (non-hydrogen) atoms. The van der Waals surface area contributed by atoms with E-state index in [4.69, 9.17) is 42.6 Å². The van der Waals surface area contributed by atoms with Crippen molar-refractivity contribution in [2.45, 2.75) is 173 Å². The third-order valence-corrected chi connectivity index (χ3v) is 10.5. The first-order valence-electron chi connectivity index (χ1n) is 20.9. The lowest BCUT2D eigenvalue weighted by Crippen LogP contribution is -2.65. The van der Waals surface area contributed by atoms with Gasteiger partial charge in [0, 0.05) is 31.9 Å². The summed E-state index contributed by atoms with van der Waals surface area (Å²) in [4.78, 5) is 77.1. The van der Waals surface area contributed by atoms with E-state index in [-0.39, 0.29) is 18.4 Å². The van der Waals surface area contributed by atoms with Crippen molar-refractivity contribution in [2.24, 2.45) is 0 Å². The molecule has 3 heterocycles. The number of hydrogen-bond acceptors (Lipinski definition) is 17. The maximum absolute atomic E-state index is 13.4. The van der Waals surface area contributed by atoms with Crippen molar-refractivity contribution >= 4 is 41.7 Å². The van der Waals surface area contributed by atoms with Crippen molar-refractivity contribution in [1.82, 2.24) is 0 Å². The van der Waals surface area contributed by atoms with Crippen LogP contribution in [0.3, 0.4) is 0 Å². The van der Waals surface area contributed by atoms with Crippen LogP contribution in [-0.2, 0) is 71.4 Å². The Morgan fingerprint density at radius 1 is 0.787 bits per heavy atom. The summed E-state index contributed by atoms with van der Waals surface area (Å²) in [6, 6.07) is 8.82. The maximum atomic E-state index is 13.4. The highest BCUT2D eigenvalue weighted by Crippen LogP contribution is 2.34. The second kappa shape index (κ2) is 24.2. The quantitative estimate of drug-likeness (QED) is 0.203. The Labute approximate surface area is 355 Å². The van der Waals surface area contributed by atoms with E-state index in [1.54, 1.807) is 44.2 Å². The molecule has 3 aliphatic heterocycles. The molecular formula is C44H60O17. The molecule has 0 spiro atoms. The summed E-state index contributed by atoms with van der Waals surface area (Å²) >= 11 is 0. The minimum absolute atomic E-state index is 0.141. The van der Waals surface area contributed by atoms with Gasteiger partial charge < -0.3 is 52.8 Å². The number of allylic oxidation sites excluding steroid dienone is 1. The van der Waals surface area contributed by atoms with Gasteiger partial charge in [0.15, 0.2) is 42.8 Å². The molecule has 10 unspecified atom stereocenters. The molecule has 17 nitrogen and oxygen atoms in total. The number of esters is 5. The van der Waals surface area contributed by atoms with Crippen LogP contribution in [0.4, 0.5) is 0 Å². The molecule has 12 atom stereocenters. The van der Waals surface area contributed by atoms with Gasteiger partial charge in [-0.25, -0.2) is 9.59 Å². The van der Waals surface area contributed by atoms with Crippen molar-refractivity contribution < 1.29 is 81.6 Å². The number of carbonyl (C=O) groups is 6. The number of aliphatic hydroxyl groups excluding tert-OH is 2. The van der Waals surface area contributed by atoms with Gasteiger partial charge in [-0.15, -0.1) is 0 Å². The van der Waals surface area contributed by atoms with E-state index in [0.29, 0.717) is 44.1 Å². The Kier molecular flexibility index (Phi) is 19.5. The van der Waals surface area contributed by atoms with Crippen LogP contribution >= 0.6 is 0 Å². The molecule has 0 amide bonds. The number of aliphatic hydroxyl groups is 2. The van der Waals surface area contributed by atoms with E-state index in [9.17, 15) is 39.0 Å². The van der Waals surface area contributed by atoms with Crippen LogP contribution in [0.25, 0.3) is 6.08 Å². The van der Waals surface area contributed by atoms with Crippen LogP contribution in [0.15, 0.2) is 48.1 Å². The Bertz CT molecular complexity index is 1690. The monoisotopic (exact) mass is 860 g/mol. The first kappa shape index (κ1) is 49.1. The predicted octanol–water partition coefficient (Wildman–Crippen LogP) is 3.97. The summed E-state index contributed by atoms with van der Waals surface area (Å²) in [5.41, 5.74) is 0.803. The normalized spacial score (nSPS) is 32.4. The number of ketones is 1. The van der Waals surface area contributed by atoms with Gasteiger partial charge in [-0.3, -0.25) is 19.2 Å². The smallest absolute Gasteiger partial charge is 0.333 e. The summed E-state index contributed by atoms with van der Waals surface area (Å²) in [5, 5.41) is 23.7. The summed E-state index contributed by atoms with van der Waals surface area (Å²) < 4.78 is 53.0. The summed E-state index contributed by atoms with van der Waals surface area (Å²) in [6.45, 7) is 8.31. The van der Waals surface area contributed by atoms with Gasteiger partial charge in [0.05, 0.1) is 18.6 Å². The van der Waals surface area contributed by atoms with Crippen LogP contribution in [0.5, 0.6) is 0 Å². The van der Waals surface area contributed by atoms with Crippen molar-refractivity contribution in [1.29, 1.82) is 0 Å². The van der Waals surface area contributed by atoms with E-state index in [2.05, 4.69) is 0 Å². The third-order valence-electron chi connectivity index (χ3n) is 10.5. The lowest BCUT2D eigenvalue weighted by molar-refractivity contribution is -0.369. The van der Waals surface area contributed by atoms with E-state index >= 15 is 0 Å². The van der Waals surface area contributed by atoms with Crippen molar-refractivity contribution in [2.75, 3.05) is 6.61 Å². The molecule has 2 N–H and O–H groups in total. The van der Waals surface area contributed by atoms with E-state index in [0.717, 1.165) is 6.08 Å². The van der Waals surface area contributed by atoms with Crippen molar-refractivity contribution in [3.63, 3.8) is 0 Å². The van der Waals surface area contributed by atoms with Gasteiger partial charge in [-0.2, -0.15) is 0 Å². The minimum Gasteiger partial charge on any atom is -0.463 e. The molecule has 338 valence electrons. The van der Waals surface area contributed by atoms with Gasteiger partial charge in [0.1, 0.15) is 31.0 Å². The molecular weight excluding hydrogens is 800 g/mol. The highest BCUT2D eigenvalue weighted by atomic mass is 16.8. The molecule has 0 saturated carbocycles. The molecule has 1 aromatic rings. The van der Waals surface area contributed by atoms with E-state index in [1.165, 1.54) is 32.9 Å². The summed E-state index contributed by atoms with van der Waals surface area (Å²) in [5.74, 6) is -4.51. The van der Waals surface area contributed by atoms with Gasteiger partial charge >= 0.3 is 29.8 Å². The Morgan fingerprint density at radius 3 is 2.16 bits per heavy atom. The average molecular weight is 861 g/mol. The number of fused-ring (bicyclic) bond motifs is 3. The van der Waals surface area contributed by atoms with E-state index in [1.807, 2.05) is 6.92 Å². The first-order chi connectivity index (χ1) is 29.1. The van der Waals surface area contributed by atoms with Crippen LogP contribution in [0, 0.1) is 0 Å². The zero-order valence-corrected chi connectivity index (χ0v) is 35.6. The molecule has 17 heteroatoms. The number of benzene rings is 1. The molecule has 1 aromatic carbocycles. The fourth-order valence-corrected chi connectivity index (χ4v) is 7.20. The van der Waals surface area contributed by atoms with Crippen molar-refractivity contribution in [3.8, 4) is 0 Å². The van der Waals surface area contributed by atoms with Gasteiger partial charge in [-0.05, 0) is 58.1 Å². The number of ether oxygens (including phenoxy) is 9. The average Bonchev–Trinajstić information content (AvgIpc) is 3.22. The highest BCUT2D eigenvalue weighted by molar-refractivity contribution is 5.89.